The molecule has 0 aromatic carbocycles. The fraction of sp³-hybridized carbons (Fsp3) is 0.727. The second-order valence-corrected chi connectivity index (χ2v) is 9.28. The minimum absolute atomic E-state index is 0.206. The van der Waals surface area contributed by atoms with Crippen LogP contribution in [0.1, 0.15) is 67.9 Å². The van der Waals surface area contributed by atoms with Gasteiger partial charge in [-0.1, -0.05) is 20.8 Å². The lowest BCUT2D eigenvalue weighted by atomic mass is 9.95. The number of likely N-dealkylation sites (tertiary alicyclic amines) is 1. The standard InChI is InChI=1S/C22H36N6O3/c1-6-27-11-7-8-16(27)13-24-19(29)17-12-18-20(30)26(5)22(4,14-28(18)25-17)21(31)23-10-9-15(2)3/h12,15-16H,6-11,13-14H2,1-5H3,(H,23,31)(H,24,29)/t16-,22-/m1/s1. The van der Waals surface area contributed by atoms with Crippen molar-refractivity contribution in [1.82, 2.24) is 30.2 Å². The molecule has 1 aromatic heterocycles. The van der Waals surface area contributed by atoms with Gasteiger partial charge in [0, 0.05) is 32.2 Å². The summed E-state index contributed by atoms with van der Waals surface area (Å²) in [6.07, 6.45) is 3.08. The number of fused-ring (bicyclic) bond motifs is 1. The van der Waals surface area contributed by atoms with E-state index in [4.69, 9.17) is 0 Å². The van der Waals surface area contributed by atoms with Crippen LogP contribution < -0.4 is 10.6 Å². The Morgan fingerprint density at radius 3 is 2.74 bits per heavy atom. The zero-order valence-electron chi connectivity index (χ0n) is 19.4. The molecule has 1 saturated heterocycles. The van der Waals surface area contributed by atoms with Gasteiger partial charge in [0.1, 0.15) is 11.2 Å². The highest BCUT2D eigenvalue weighted by Crippen LogP contribution is 2.26. The van der Waals surface area contributed by atoms with Crippen LogP contribution >= 0.6 is 0 Å². The lowest BCUT2D eigenvalue weighted by Crippen LogP contribution is -2.62. The van der Waals surface area contributed by atoms with Crippen LogP contribution in [0.5, 0.6) is 0 Å². The number of hydrogen-bond donors (Lipinski definition) is 2. The second kappa shape index (κ2) is 9.38. The molecule has 1 aromatic rings. The van der Waals surface area contributed by atoms with E-state index in [9.17, 15) is 14.4 Å². The Hall–Kier alpha value is -2.42. The van der Waals surface area contributed by atoms with Crippen molar-refractivity contribution in [2.24, 2.45) is 5.92 Å². The largest absolute Gasteiger partial charge is 0.354 e. The van der Waals surface area contributed by atoms with Crippen LogP contribution in [-0.4, -0.2) is 82.1 Å². The topological polar surface area (TPSA) is 99.6 Å². The highest BCUT2D eigenvalue weighted by atomic mass is 16.2. The Morgan fingerprint density at radius 1 is 1.32 bits per heavy atom. The van der Waals surface area contributed by atoms with Gasteiger partial charge in [0.05, 0.1) is 6.54 Å². The first-order valence-electron chi connectivity index (χ1n) is 11.3. The number of likely N-dealkylation sites (N-methyl/N-ethyl adjacent to an activating group) is 2. The molecule has 172 valence electrons. The zero-order valence-corrected chi connectivity index (χ0v) is 19.4. The Morgan fingerprint density at radius 2 is 2.06 bits per heavy atom. The highest BCUT2D eigenvalue weighted by Gasteiger charge is 2.46. The monoisotopic (exact) mass is 432 g/mol. The summed E-state index contributed by atoms with van der Waals surface area (Å²) in [5, 5.41) is 10.3. The summed E-state index contributed by atoms with van der Waals surface area (Å²) in [5.41, 5.74) is -0.523. The molecule has 1 fully saturated rings. The predicted octanol–water partition coefficient (Wildman–Crippen LogP) is 1.10. The summed E-state index contributed by atoms with van der Waals surface area (Å²) in [5.74, 6) is -0.334. The maximum atomic E-state index is 13.0. The van der Waals surface area contributed by atoms with Crippen molar-refractivity contribution < 1.29 is 14.4 Å². The minimum atomic E-state index is -1.06. The Balaban J connectivity index is 1.69. The molecule has 3 heterocycles. The summed E-state index contributed by atoms with van der Waals surface area (Å²) >= 11 is 0. The van der Waals surface area contributed by atoms with Crippen molar-refractivity contribution in [3.63, 3.8) is 0 Å². The first-order valence-corrected chi connectivity index (χ1v) is 11.3. The van der Waals surface area contributed by atoms with E-state index >= 15 is 0 Å². The van der Waals surface area contributed by atoms with E-state index in [1.54, 1.807) is 14.0 Å². The van der Waals surface area contributed by atoms with Crippen LogP contribution in [0.2, 0.25) is 0 Å². The van der Waals surface area contributed by atoms with Gasteiger partial charge in [0.2, 0.25) is 5.91 Å². The molecular weight excluding hydrogens is 396 g/mol. The third kappa shape index (κ3) is 4.76. The molecule has 0 unspecified atom stereocenters. The number of amides is 3. The van der Waals surface area contributed by atoms with Gasteiger partial charge in [-0.25, -0.2) is 0 Å². The lowest BCUT2D eigenvalue weighted by Gasteiger charge is -2.40. The molecule has 31 heavy (non-hydrogen) atoms. The van der Waals surface area contributed by atoms with Gasteiger partial charge in [-0.3, -0.25) is 24.0 Å². The predicted molar refractivity (Wildman–Crippen MR) is 118 cm³/mol. The summed E-state index contributed by atoms with van der Waals surface area (Å²) in [6, 6.07) is 1.87. The number of carbonyl (C=O) groups is 3. The number of aromatic nitrogens is 2. The molecule has 2 aliphatic heterocycles. The van der Waals surface area contributed by atoms with Gasteiger partial charge >= 0.3 is 0 Å². The highest BCUT2D eigenvalue weighted by molar-refractivity contribution is 6.01. The molecule has 2 atom stereocenters. The number of hydrogen-bond acceptors (Lipinski definition) is 5. The van der Waals surface area contributed by atoms with Gasteiger partial charge < -0.3 is 15.5 Å². The van der Waals surface area contributed by atoms with Crippen molar-refractivity contribution in [3.05, 3.63) is 17.5 Å². The van der Waals surface area contributed by atoms with E-state index < -0.39 is 5.54 Å². The second-order valence-electron chi connectivity index (χ2n) is 9.28. The molecule has 9 nitrogen and oxygen atoms in total. The van der Waals surface area contributed by atoms with Crippen LogP contribution in [0.3, 0.4) is 0 Å². The van der Waals surface area contributed by atoms with E-state index in [1.165, 1.54) is 15.6 Å². The third-order valence-electron chi connectivity index (χ3n) is 6.63. The Kier molecular flexibility index (Phi) is 7.03. The minimum Gasteiger partial charge on any atom is -0.354 e. The number of carbonyl (C=O) groups excluding carboxylic acids is 3. The average Bonchev–Trinajstić information content (AvgIpc) is 3.36. The number of nitrogens with zero attached hydrogens (tertiary/aromatic N) is 4. The maximum absolute atomic E-state index is 13.0. The molecule has 2 aliphatic rings. The number of rotatable bonds is 8. The Labute approximate surface area is 184 Å². The average molecular weight is 433 g/mol. The smallest absolute Gasteiger partial charge is 0.272 e. The molecule has 0 radical (unpaired) electrons. The van der Waals surface area contributed by atoms with Crippen molar-refractivity contribution >= 4 is 17.7 Å². The quantitative estimate of drug-likeness (QED) is 0.641. The maximum Gasteiger partial charge on any atom is 0.272 e. The van der Waals surface area contributed by atoms with E-state index in [0.717, 1.165) is 32.4 Å². The van der Waals surface area contributed by atoms with Crippen LogP contribution in [0.15, 0.2) is 6.07 Å². The molecule has 0 bridgehead atoms. The molecule has 0 spiro atoms. The van der Waals surface area contributed by atoms with Gasteiger partial charge in [-0.2, -0.15) is 5.10 Å². The molecule has 3 rings (SSSR count). The SMILES string of the molecule is CCN1CCC[C@@H]1CNC(=O)c1cc2n(n1)C[C@](C)(C(=O)NCCC(C)C)N(C)C2=O. The van der Waals surface area contributed by atoms with E-state index in [-0.39, 0.29) is 30.0 Å². The van der Waals surface area contributed by atoms with Crippen molar-refractivity contribution in [2.45, 2.75) is 65.1 Å². The summed E-state index contributed by atoms with van der Waals surface area (Å²) in [4.78, 5) is 42.3. The fourth-order valence-electron chi connectivity index (χ4n) is 4.35. The first-order chi connectivity index (χ1) is 14.7. The van der Waals surface area contributed by atoms with Crippen LogP contribution in [0.25, 0.3) is 0 Å². The number of nitrogens with one attached hydrogen (secondary N) is 2. The normalized spacial score (nSPS) is 23.9. The molecule has 0 aliphatic carbocycles. The lowest BCUT2D eigenvalue weighted by molar-refractivity contribution is -0.132. The van der Waals surface area contributed by atoms with Crippen molar-refractivity contribution in [3.8, 4) is 0 Å². The van der Waals surface area contributed by atoms with E-state index in [0.29, 0.717) is 30.7 Å². The van der Waals surface area contributed by atoms with Crippen LogP contribution in [0.4, 0.5) is 0 Å². The summed E-state index contributed by atoms with van der Waals surface area (Å²) < 4.78 is 1.49. The van der Waals surface area contributed by atoms with E-state index in [2.05, 4.69) is 41.4 Å². The van der Waals surface area contributed by atoms with Gasteiger partial charge in [-0.15, -0.1) is 0 Å². The van der Waals surface area contributed by atoms with Crippen molar-refractivity contribution in [2.75, 3.05) is 33.2 Å². The molecule has 9 heteroatoms. The van der Waals surface area contributed by atoms with Crippen LogP contribution in [-0.2, 0) is 11.3 Å². The zero-order chi connectivity index (χ0) is 22.8. The molecule has 2 N–H and O–H groups in total. The first kappa shape index (κ1) is 23.2. The fourth-order valence-corrected chi connectivity index (χ4v) is 4.35. The summed E-state index contributed by atoms with van der Waals surface area (Å²) in [7, 11) is 1.63. The van der Waals surface area contributed by atoms with E-state index in [1.807, 2.05) is 0 Å². The summed E-state index contributed by atoms with van der Waals surface area (Å²) in [6.45, 7) is 11.4. The van der Waals surface area contributed by atoms with Gasteiger partial charge in [0.25, 0.3) is 11.8 Å². The Bertz CT molecular complexity index is 835. The molecule has 3 amide bonds. The van der Waals surface area contributed by atoms with Crippen molar-refractivity contribution in [1.29, 1.82) is 0 Å². The molecular formula is C22H36N6O3. The molecule has 0 saturated carbocycles. The third-order valence-corrected chi connectivity index (χ3v) is 6.63. The van der Waals surface area contributed by atoms with Crippen LogP contribution in [0, 0.1) is 5.92 Å². The van der Waals surface area contributed by atoms with Gasteiger partial charge in [0.15, 0.2) is 5.69 Å². The van der Waals surface area contributed by atoms with Gasteiger partial charge in [-0.05, 0) is 45.2 Å².